The second-order valence-electron chi connectivity index (χ2n) is 2.19. The average Bonchev–Trinajstić information content (AvgIpc) is 2.20. The quantitative estimate of drug-likeness (QED) is 0.493. The molecule has 6 nitrogen and oxygen atoms in total. The zero-order valence-electron chi connectivity index (χ0n) is 7.72. The van der Waals surface area contributed by atoms with Crippen LogP contribution in [0.15, 0.2) is 0 Å². The molecule has 0 amide bonds. The van der Waals surface area contributed by atoms with Crippen molar-refractivity contribution in [3.8, 4) is 0 Å². The Morgan fingerprint density at radius 2 is 1.85 bits per heavy atom. The number of rotatable bonds is 6. The maximum absolute atomic E-state index is 11.7. The van der Waals surface area contributed by atoms with Crippen LogP contribution in [0.1, 0.15) is 0 Å². The molecule has 7 heteroatoms. The van der Waals surface area contributed by atoms with Crippen LogP contribution in [0.25, 0.3) is 0 Å². The van der Waals surface area contributed by atoms with E-state index in [0.29, 0.717) is 0 Å². The molecule has 0 saturated heterocycles. The first-order valence-corrected chi connectivity index (χ1v) is 4.94. The van der Waals surface area contributed by atoms with Gasteiger partial charge in [0.1, 0.15) is 0 Å². The van der Waals surface area contributed by atoms with Gasteiger partial charge in [-0.25, -0.2) is 0 Å². The number of hydrogen-bond acceptors (Lipinski definition) is 6. The highest BCUT2D eigenvalue weighted by Gasteiger charge is 2.51. The van der Waals surface area contributed by atoms with Crippen LogP contribution in [-0.4, -0.2) is 44.7 Å². The molecule has 0 heterocycles. The van der Waals surface area contributed by atoms with Crippen molar-refractivity contribution in [3.05, 3.63) is 0 Å². The summed E-state index contributed by atoms with van der Waals surface area (Å²) in [6.45, 7) is -0.772. The normalized spacial score (nSPS) is 16.6. The minimum Gasteiger partial charge on any atom is -0.392 e. The molecule has 0 radical (unpaired) electrons. The lowest BCUT2D eigenvalue weighted by Crippen LogP contribution is -2.38. The molecule has 0 rings (SSSR count). The van der Waals surface area contributed by atoms with Crippen LogP contribution in [-0.2, 0) is 23.1 Å². The van der Waals surface area contributed by atoms with Gasteiger partial charge >= 0.3 is 7.60 Å². The van der Waals surface area contributed by atoms with Crippen molar-refractivity contribution in [1.82, 2.24) is 0 Å². The zero-order valence-corrected chi connectivity index (χ0v) is 8.61. The van der Waals surface area contributed by atoms with E-state index in [9.17, 15) is 9.36 Å². The Kier molecular flexibility index (Phi) is 4.74. The summed E-state index contributed by atoms with van der Waals surface area (Å²) in [5.74, 6) is 0. The fourth-order valence-electron chi connectivity index (χ4n) is 0.796. The van der Waals surface area contributed by atoms with E-state index in [-0.39, 0.29) is 6.29 Å². The Morgan fingerprint density at radius 3 is 1.92 bits per heavy atom. The second-order valence-corrected chi connectivity index (χ2v) is 4.67. The van der Waals surface area contributed by atoms with Gasteiger partial charge in [-0.1, -0.05) is 0 Å². The minimum absolute atomic E-state index is 0.209. The standard InChI is InChI=1S/C6H13O6P/c1-10-6(4-7,5-8)13(9,11-2)12-3/h4,8H,5H2,1-3H3. The van der Waals surface area contributed by atoms with Crippen LogP contribution in [0.4, 0.5) is 0 Å². The molecule has 0 fully saturated rings. The summed E-state index contributed by atoms with van der Waals surface area (Å²) in [5, 5.41) is 6.95. The van der Waals surface area contributed by atoms with Crippen molar-refractivity contribution in [2.24, 2.45) is 0 Å². The summed E-state index contributed by atoms with van der Waals surface area (Å²) in [4.78, 5) is 10.6. The summed E-state index contributed by atoms with van der Waals surface area (Å²) < 4.78 is 25.4. The van der Waals surface area contributed by atoms with Crippen molar-refractivity contribution in [1.29, 1.82) is 0 Å². The van der Waals surface area contributed by atoms with Crippen molar-refractivity contribution < 1.29 is 28.3 Å². The van der Waals surface area contributed by atoms with E-state index in [1.54, 1.807) is 0 Å². The van der Waals surface area contributed by atoms with Crippen LogP contribution in [0.5, 0.6) is 0 Å². The fourth-order valence-corrected chi connectivity index (χ4v) is 2.09. The molecular formula is C6H13O6P. The van der Waals surface area contributed by atoms with Crippen molar-refractivity contribution in [2.75, 3.05) is 27.9 Å². The molecule has 0 aliphatic carbocycles. The molecule has 0 spiro atoms. The molecule has 1 unspecified atom stereocenters. The SMILES string of the molecule is COC(C=O)(CO)P(=O)(OC)OC. The van der Waals surface area contributed by atoms with E-state index in [4.69, 9.17) is 5.11 Å². The van der Waals surface area contributed by atoms with Gasteiger partial charge < -0.3 is 18.9 Å². The largest absolute Gasteiger partial charge is 0.392 e. The van der Waals surface area contributed by atoms with Crippen LogP contribution in [0, 0.1) is 0 Å². The molecule has 13 heavy (non-hydrogen) atoms. The van der Waals surface area contributed by atoms with Crippen molar-refractivity contribution in [3.63, 3.8) is 0 Å². The lowest BCUT2D eigenvalue weighted by molar-refractivity contribution is -0.124. The van der Waals surface area contributed by atoms with Gasteiger partial charge in [-0.05, 0) is 0 Å². The number of carbonyl (C=O) groups excluding carboxylic acids is 1. The molecule has 0 aliphatic rings. The maximum atomic E-state index is 11.7. The van der Waals surface area contributed by atoms with Crippen molar-refractivity contribution in [2.45, 2.75) is 5.34 Å². The zero-order chi connectivity index (χ0) is 10.5. The molecule has 0 aromatic heterocycles. The maximum Gasteiger partial charge on any atom is 0.371 e. The summed E-state index contributed by atoms with van der Waals surface area (Å²) in [6.07, 6.45) is 0.209. The van der Waals surface area contributed by atoms with Crippen LogP contribution in [0.2, 0.25) is 0 Å². The molecule has 0 bridgehead atoms. The van der Waals surface area contributed by atoms with Crippen LogP contribution < -0.4 is 0 Å². The predicted molar refractivity (Wildman–Crippen MR) is 44.5 cm³/mol. The van der Waals surface area contributed by atoms with Gasteiger partial charge in [0.15, 0.2) is 6.29 Å². The molecular weight excluding hydrogens is 199 g/mol. The van der Waals surface area contributed by atoms with Gasteiger partial charge in [-0.3, -0.25) is 9.36 Å². The van der Waals surface area contributed by atoms with E-state index in [0.717, 1.165) is 21.3 Å². The topological polar surface area (TPSA) is 82.1 Å². The fraction of sp³-hybridized carbons (Fsp3) is 0.833. The first-order chi connectivity index (χ1) is 6.05. The number of aliphatic hydroxyl groups is 1. The lowest BCUT2D eigenvalue weighted by atomic mass is 10.4. The van der Waals surface area contributed by atoms with E-state index >= 15 is 0 Å². The highest BCUT2D eigenvalue weighted by Crippen LogP contribution is 2.58. The third-order valence-corrected chi connectivity index (χ3v) is 4.03. The van der Waals surface area contributed by atoms with Gasteiger partial charge in [-0.15, -0.1) is 0 Å². The molecule has 0 saturated carbocycles. The van der Waals surface area contributed by atoms with E-state index < -0.39 is 19.5 Å². The smallest absolute Gasteiger partial charge is 0.371 e. The molecule has 1 atom stereocenters. The lowest BCUT2D eigenvalue weighted by Gasteiger charge is -2.29. The number of carbonyl (C=O) groups is 1. The van der Waals surface area contributed by atoms with Gasteiger partial charge in [0.2, 0.25) is 5.34 Å². The first kappa shape index (κ1) is 12.7. The molecule has 1 N–H and O–H groups in total. The summed E-state index contributed by atoms with van der Waals surface area (Å²) >= 11 is 0. The average molecular weight is 212 g/mol. The van der Waals surface area contributed by atoms with Gasteiger partial charge in [-0.2, -0.15) is 0 Å². The van der Waals surface area contributed by atoms with E-state index in [1.165, 1.54) is 0 Å². The molecule has 0 aliphatic heterocycles. The summed E-state index contributed by atoms with van der Waals surface area (Å²) in [5.41, 5.74) is 0. The van der Waals surface area contributed by atoms with E-state index in [1.807, 2.05) is 0 Å². The van der Waals surface area contributed by atoms with E-state index in [2.05, 4.69) is 13.8 Å². The Morgan fingerprint density at radius 1 is 1.38 bits per heavy atom. The van der Waals surface area contributed by atoms with Gasteiger partial charge in [0.25, 0.3) is 0 Å². The third-order valence-electron chi connectivity index (χ3n) is 1.71. The Labute approximate surface area is 76.3 Å². The predicted octanol–water partition coefficient (Wildman–Crippen LogP) is 0.00620. The Balaban J connectivity index is 5.12. The second kappa shape index (κ2) is 4.83. The Hall–Kier alpha value is -0.260. The van der Waals surface area contributed by atoms with Crippen LogP contribution >= 0.6 is 7.60 Å². The monoisotopic (exact) mass is 212 g/mol. The molecule has 0 aromatic rings. The summed E-state index contributed by atoms with van der Waals surface area (Å²) in [7, 11) is -0.412. The summed E-state index contributed by atoms with van der Waals surface area (Å²) in [6, 6.07) is 0. The van der Waals surface area contributed by atoms with Gasteiger partial charge in [0, 0.05) is 21.3 Å². The Bertz CT molecular complexity index is 203. The van der Waals surface area contributed by atoms with Crippen molar-refractivity contribution >= 4 is 13.9 Å². The number of aldehydes is 1. The molecule has 0 aromatic carbocycles. The van der Waals surface area contributed by atoms with Crippen LogP contribution in [0.3, 0.4) is 0 Å². The molecule has 78 valence electrons. The number of methoxy groups -OCH3 is 1. The third kappa shape index (κ3) is 1.98. The highest BCUT2D eigenvalue weighted by atomic mass is 31.2. The number of ether oxygens (including phenoxy) is 1. The minimum atomic E-state index is -3.76. The highest BCUT2D eigenvalue weighted by molar-refractivity contribution is 7.56. The number of hydrogen-bond donors (Lipinski definition) is 1. The number of aliphatic hydroxyl groups excluding tert-OH is 1. The van der Waals surface area contributed by atoms with Gasteiger partial charge in [0.05, 0.1) is 6.61 Å². The first-order valence-electron chi connectivity index (χ1n) is 3.39.